The van der Waals surface area contributed by atoms with E-state index in [0.29, 0.717) is 0 Å². The van der Waals surface area contributed by atoms with E-state index in [2.05, 4.69) is 37.4 Å². The third-order valence-electron chi connectivity index (χ3n) is 3.92. The molecular weight excluding hydrogens is 302 g/mol. The molecule has 1 unspecified atom stereocenters. The van der Waals surface area contributed by atoms with E-state index < -0.39 is 0 Å². The molecule has 1 heterocycles. The highest BCUT2D eigenvalue weighted by atomic mass is 79.9. The predicted molar refractivity (Wildman–Crippen MR) is 75.1 cm³/mol. The molecule has 0 spiro atoms. The van der Waals surface area contributed by atoms with Crippen molar-refractivity contribution < 1.29 is 27.0 Å². The van der Waals surface area contributed by atoms with Crippen LogP contribution in [0.2, 0.25) is 0 Å². The van der Waals surface area contributed by atoms with Gasteiger partial charge in [0.2, 0.25) is 0 Å². The van der Waals surface area contributed by atoms with Gasteiger partial charge in [-0.05, 0) is 50.7 Å². The van der Waals surface area contributed by atoms with Crippen LogP contribution in [0.3, 0.4) is 0 Å². The second kappa shape index (κ2) is 8.60. The molecule has 1 aromatic carbocycles. The highest BCUT2D eigenvalue weighted by molar-refractivity contribution is 5.39. The lowest BCUT2D eigenvalue weighted by atomic mass is 10.1. The highest BCUT2D eigenvalue weighted by Crippen LogP contribution is 2.22. The zero-order valence-electron chi connectivity index (χ0n) is 12.1. The molecule has 0 saturated carbocycles. The normalized spacial score (nSPS) is 19.4. The Balaban J connectivity index is 0.00000180. The van der Waals surface area contributed by atoms with Crippen LogP contribution in [-0.4, -0.2) is 19.2 Å². The summed E-state index contributed by atoms with van der Waals surface area (Å²) in [5.41, 5.74) is 2.50. The lowest BCUT2D eigenvalue weighted by Crippen LogP contribution is -3.00. The number of ether oxygens (including phenoxy) is 1. The van der Waals surface area contributed by atoms with Gasteiger partial charge in [0.05, 0.1) is 19.2 Å². The highest BCUT2D eigenvalue weighted by Gasteiger charge is 2.15. The minimum absolute atomic E-state index is 0. The van der Waals surface area contributed by atoms with Crippen molar-refractivity contribution in [2.24, 2.45) is 0 Å². The van der Waals surface area contributed by atoms with E-state index in [-0.39, 0.29) is 17.0 Å². The van der Waals surface area contributed by atoms with Gasteiger partial charge in [-0.25, -0.2) is 0 Å². The molecule has 2 N–H and O–H groups in total. The van der Waals surface area contributed by atoms with Crippen molar-refractivity contribution in [3.8, 4) is 5.75 Å². The van der Waals surface area contributed by atoms with Crippen molar-refractivity contribution >= 4 is 0 Å². The summed E-state index contributed by atoms with van der Waals surface area (Å²) in [7, 11) is 0. The average molecular weight is 328 g/mol. The number of nitrogens with two attached hydrogens (primary N) is 1. The molecule has 1 atom stereocenters. The first-order valence-electron chi connectivity index (χ1n) is 7.29. The van der Waals surface area contributed by atoms with Gasteiger partial charge in [-0.1, -0.05) is 18.2 Å². The van der Waals surface area contributed by atoms with Crippen molar-refractivity contribution in [1.82, 2.24) is 0 Å². The molecule has 108 valence electrons. The Morgan fingerprint density at radius 1 is 1.16 bits per heavy atom. The van der Waals surface area contributed by atoms with Crippen LogP contribution in [0.15, 0.2) is 18.2 Å². The second-order valence-corrected chi connectivity index (χ2v) is 5.49. The molecule has 19 heavy (non-hydrogen) atoms. The van der Waals surface area contributed by atoms with Crippen molar-refractivity contribution in [2.45, 2.75) is 52.0 Å². The van der Waals surface area contributed by atoms with Crippen LogP contribution in [0.4, 0.5) is 0 Å². The SMILES string of the molecule is Cc1cccc(C)c1OCCC1CCCCC[NH2+]1.[Br-]. The Hall–Kier alpha value is -0.540. The van der Waals surface area contributed by atoms with Crippen molar-refractivity contribution in [3.63, 3.8) is 0 Å². The molecule has 0 aliphatic carbocycles. The summed E-state index contributed by atoms with van der Waals surface area (Å²) in [4.78, 5) is 0. The predicted octanol–water partition coefficient (Wildman–Crippen LogP) is -0.418. The van der Waals surface area contributed by atoms with E-state index in [9.17, 15) is 0 Å². The van der Waals surface area contributed by atoms with Crippen LogP contribution in [-0.2, 0) is 0 Å². The monoisotopic (exact) mass is 327 g/mol. The largest absolute Gasteiger partial charge is 1.00 e. The fourth-order valence-corrected chi connectivity index (χ4v) is 2.80. The maximum atomic E-state index is 5.99. The Bertz CT molecular complexity index is 353. The number of quaternary nitrogens is 1. The summed E-state index contributed by atoms with van der Waals surface area (Å²) >= 11 is 0. The third-order valence-corrected chi connectivity index (χ3v) is 3.92. The first kappa shape index (κ1) is 16.5. The third kappa shape index (κ3) is 5.15. The molecule has 2 nitrogen and oxygen atoms in total. The summed E-state index contributed by atoms with van der Waals surface area (Å²) in [6, 6.07) is 7.12. The number of aryl methyl sites for hydroxylation is 2. The Labute approximate surface area is 127 Å². The quantitative estimate of drug-likeness (QED) is 0.799. The number of halogens is 1. The molecular formula is C16H26BrNO. The van der Waals surface area contributed by atoms with Gasteiger partial charge in [0.15, 0.2) is 0 Å². The molecule has 1 aromatic rings. The Morgan fingerprint density at radius 3 is 2.63 bits per heavy atom. The second-order valence-electron chi connectivity index (χ2n) is 5.49. The number of rotatable bonds is 4. The van der Waals surface area contributed by atoms with E-state index in [1.54, 1.807) is 0 Å². The van der Waals surface area contributed by atoms with E-state index in [0.717, 1.165) is 18.4 Å². The van der Waals surface area contributed by atoms with Gasteiger partial charge in [-0.15, -0.1) is 0 Å². The first-order chi connectivity index (χ1) is 8.77. The van der Waals surface area contributed by atoms with Gasteiger partial charge in [0.1, 0.15) is 5.75 Å². The van der Waals surface area contributed by atoms with Gasteiger partial charge in [-0.2, -0.15) is 0 Å². The van der Waals surface area contributed by atoms with Gasteiger partial charge in [-0.3, -0.25) is 0 Å². The Morgan fingerprint density at radius 2 is 1.89 bits per heavy atom. The van der Waals surface area contributed by atoms with Crippen LogP contribution < -0.4 is 27.0 Å². The number of hydrogen-bond acceptors (Lipinski definition) is 1. The molecule has 0 aromatic heterocycles. The summed E-state index contributed by atoms with van der Waals surface area (Å²) in [6.45, 7) is 6.40. The van der Waals surface area contributed by atoms with Crippen LogP contribution in [0.25, 0.3) is 0 Å². The van der Waals surface area contributed by atoms with Crippen LogP contribution >= 0.6 is 0 Å². The van der Waals surface area contributed by atoms with E-state index >= 15 is 0 Å². The van der Waals surface area contributed by atoms with E-state index in [1.807, 2.05) is 0 Å². The molecule has 1 aliphatic rings. The van der Waals surface area contributed by atoms with Crippen LogP contribution in [0.1, 0.15) is 43.2 Å². The summed E-state index contributed by atoms with van der Waals surface area (Å²) in [5.74, 6) is 1.09. The summed E-state index contributed by atoms with van der Waals surface area (Å²) in [5, 5.41) is 2.51. The molecule has 0 bridgehead atoms. The first-order valence-corrected chi connectivity index (χ1v) is 7.29. The van der Waals surface area contributed by atoms with Gasteiger partial charge < -0.3 is 27.0 Å². The van der Waals surface area contributed by atoms with Gasteiger partial charge >= 0.3 is 0 Å². The lowest BCUT2D eigenvalue weighted by Gasteiger charge is -2.15. The van der Waals surface area contributed by atoms with E-state index in [4.69, 9.17) is 4.74 Å². The molecule has 0 amide bonds. The fraction of sp³-hybridized carbons (Fsp3) is 0.625. The summed E-state index contributed by atoms with van der Waals surface area (Å²) in [6.07, 6.45) is 6.72. The molecule has 1 aliphatic heterocycles. The Kier molecular flexibility index (Phi) is 7.47. The maximum absolute atomic E-state index is 5.99. The molecule has 1 fully saturated rings. The molecule has 0 radical (unpaired) electrons. The maximum Gasteiger partial charge on any atom is 0.125 e. The van der Waals surface area contributed by atoms with Crippen LogP contribution in [0, 0.1) is 13.8 Å². The molecule has 2 rings (SSSR count). The van der Waals surface area contributed by atoms with Gasteiger partial charge in [0, 0.05) is 6.42 Å². The van der Waals surface area contributed by atoms with Crippen molar-refractivity contribution in [2.75, 3.05) is 13.2 Å². The molecule has 3 heteroatoms. The zero-order valence-corrected chi connectivity index (χ0v) is 13.7. The summed E-state index contributed by atoms with van der Waals surface area (Å²) < 4.78 is 5.99. The molecule has 1 saturated heterocycles. The van der Waals surface area contributed by atoms with Gasteiger partial charge in [0.25, 0.3) is 0 Å². The van der Waals surface area contributed by atoms with E-state index in [1.165, 1.54) is 49.8 Å². The number of hydrogen-bond donors (Lipinski definition) is 1. The van der Waals surface area contributed by atoms with Crippen LogP contribution in [0.5, 0.6) is 5.75 Å². The van der Waals surface area contributed by atoms with Crippen molar-refractivity contribution in [1.29, 1.82) is 0 Å². The zero-order chi connectivity index (χ0) is 12.8. The minimum Gasteiger partial charge on any atom is -1.00 e. The standard InChI is InChI=1S/C16H25NO.BrH/c1-13-7-6-8-14(2)16(13)18-12-10-15-9-4-3-5-11-17-15;/h6-8,15,17H,3-5,9-12H2,1-2H3;1H. The minimum atomic E-state index is 0. The lowest BCUT2D eigenvalue weighted by molar-refractivity contribution is -0.688. The number of benzene rings is 1. The van der Waals surface area contributed by atoms with Crippen molar-refractivity contribution in [3.05, 3.63) is 29.3 Å². The average Bonchev–Trinajstić information content (AvgIpc) is 2.61. The topological polar surface area (TPSA) is 25.8 Å². The number of para-hydroxylation sites is 1. The fourth-order valence-electron chi connectivity index (χ4n) is 2.80. The smallest absolute Gasteiger partial charge is 0.125 e.